The summed E-state index contributed by atoms with van der Waals surface area (Å²) in [6.45, 7) is 14.7. The molecule has 20 heavy (non-hydrogen) atoms. The minimum Gasteiger partial charge on any atom is -0.310 e. The second-order valence-corrected chi connectivity index (χ2v) is 6.50. The largest absolute Gasteiger partial charge is 0.310 e. The number of hydrogen-bond acceptors (Lipinski definition) is 4. The van der Waals surface area contributed by atoms with Gasteiger partial charge in [0.25, 0.3) is 0 Å². The van der Waals surface area contributed by atoms with Gasteiger partial charge in [-0.25, -0.2) is 0 Å². The van der Waals surface area contributed by atoms with Crippen molar-refractivity contribution in [2.75, 3.05) is 39.3 Å². The first-order valence-corrected chi connectivity index (χ1v) is 7.64. The molecule has 0 amide bonds. The maximum Gasteiger partial charge on any atom is 0.0541 e. The fraction of sp³-hybridized carbons (Fsp3) is 0.688. The van der Waals surface area contributed by atoms with Crippen LogP contribution in [0.3, 0.4) is 0 Å². The molecule has 0 bridgehead atoms. The second kappa shape index (κ2) is 7.16. The monoisotopic (exact) mass is 276 g/mol. The Balaban J connectivity index is 1.60. The van der Waals surface area contributed by atoms with Gasteiger partial charge in [0.2, 0.25) is 0 Å². The van der Waals surface area contributed by atoms with Crippen molar-refractivity contribution in [3.8, 4) is 0 Å². The Kier molecular flexibility index (Phi) is 5.52. The van der Waals surface area contributed by atoms with Crippen LogP contribution in [0.2, 0.25) is 0 Å². The molecule has 0 unspecified atom stereocenters. The number of hydrogen-bond donors (Lipinski definition) is 1. The number of nitrogens with one attached hydrogen (secondary N) is 1. The summed E-state index contributed by atoms with van der Waals surface area (Å²) in [6.07, 6.45) is 1.85. The molecule has 2 heterocycles. The average molecular weight is 276 g/mol. The van der Waals surface area contributed by atoms with Crippen LogP contribution in [0.5, 0.6) is 0 Å². The highest BCUT2D eigenvalue weighted by Gasteiger charge is 2.25. The van der Waals surface area contributed by atoms with Crippen LogP contribution in [-0.4, -0.2) is 59.6 Å². The lowest BCUT2D eigenvalue weighted by atomic mass is 10.1. The van der Waals surface area contributed by atoms with E-state index < -0.39 is 0 Å². The Morgan fingerprint density at radius 1 is 1.15 bits per heavy atom. The Morgan fingerprint density at radius 3 is 2.50 bits per heavy atom. The lowest BCUT2D eigenvalue weighted by Crippen LogP contribution is -2.54. The summed E-state index contributed by atoms with van der Waals surface area (Å²) in [6, 6.07) is 6.06. The van der Waals surface area contributed by atoms with E-state index in [0.717, 1.165) is 25.3 Å². The summed E-state index contributed by atoms with van der Waals surface area (Å²) in [5.74, 6) is 0. The van der Waals surface area contributed by atoms with Crippen molar-refractivity contribution in [2.24, 2.45) is 0 Å². The fourth-order valence-corrected chi connectivity index (χ4v) is 2.60. The number of rotatable bonds is 5. The van der Waals surface area contributed by atoms with Gasteiger partial charge < -0.3 is 5.32 Å². The maximum atomic E-state index is 4.32. The molecule has 2 rings (SSSR count). The van der Waals surface area contributed by atoms with Gasteiger partial charge in [0, 0.05) is 57.5 Å². The first-order valence-electron chi connectivity index (χ1n) is 7.64. The van der Waals surface area contributed by atoms with E-state index in [4.69, 9.17) is 0 Å². The SMILES string of the molecule is CC(C)(C)N1CCN(CCNCc2ccccn2)CC1. The molecule has 0 radical (unpaired) electrons. The minimum absolute atomic E-state index is 0.309. The molecule has 1 fully saturated rings. The van der Waals surface area contributed by atoms with Crippen LogP contribution in [0.25, 0.3) is 0 Å². The van der Waals surface area contributed by atoms with E-state index in [1.807, 2.05) is 18.3 Å². The van der Waals surface area contributed by atoms with Crippen LogP contribution in [0.15, 0.2) is 24.4 Å². The molecule has 0 aliphatic carbocycles. The van der Waals surface area contributed by atoms with Gasteiger partial charge in [0.15, 0.2) is 0 Å². The van der Waals surface area contributed by atoms with Crippen molar-refractivity contribution in [3.63, 3.8) is 0 Å². The zero-order valence-electron chi connectivity index (χ0n) is 13.1. The average Bonchev–Trinajstić information content (AvgIpc) is 2.44. The number of piperazine rings is 1. The Labute approximate surface area is 123 Å². The summed E-state index contributed by atoms with van der Waals surface area (Å²) in [4.78, 5) is 9.44. The smallest absolute Gasteiger partial charge is 0.0541 e. The zero-order chi connectivity index (χ0) is 14.4. The summed E-state index contributed by atoms with van der Waals surface area (Å²) in [7, 11) is 0. The third-order valence-corrected chi connectivity index (χ3v) is 3.96. The first-order chi connectivity index (χ1) is 9.55. The summed E-state index contributed by atoms with van der Waals surface area (Å²) >= 11 is 0. The van der Waals surface area contributed by atoms with E-state index in [-0.39, 0.29) is 0 Å². The van der Waals surface area contributed by atoms with Crippen molar-refractivity contribution >= 4 is 0 Å². The third kappa shape index (κ3) is 4.85. The standard InChI is InChI=1S/C16H28N4/c1-16(2,3)20-12-10-19(11-13-20)9-8-17-14-15-6-4-5-7-18-15/h4-7,17H,8-14H2,1-3H3. The quantitative estimate of drug-likeness (QED) is 0.828. The summed E-state index contributed by atoms with van der Waals surface area (Å²) in [5.41, 5.74) is 1.42. The highest BCUT2D eigenvalue weighted by atomic mass is 15.3. The lowest BCUT2D eigenvalue weighted by molar-refractivity contribution is 0.0628. The molecule has 0 spiro atoms. The van der Waals surface area contributed by atoms with Crippen LogP contribution in [-0.2, 0) is 6.54 Å². The molecular formula is C16H28N4. The van der Waals surface area contributed by atoms with Gasteiger partial charge in [-0.3, -0.25) is 14.8 Å². The Bertz CT molecular complexity index is 377. The van der Waals surface area contributed by atoms with Crippen LogP contribution in [0.1, 0.15) is 26.5 Å². The molecule has 4 nitrogen and oxygen atoms in total. The fourth-order valence-electron chi connectivity index (χ4n) is 2.60. The number of aromatic nitrogens is 1. The van der Waals surface area contributed by atoms with Gasteiger partial charge in [-0.15, -0.1) is 0 Å². The van der Waals surface area contributed by atoms with Gasteiger partial charge in [0.05, 0.1) is 5.69 Å². The first kappa shape index (κ1) is 15.4. The van der Waals surface area contributed by atoms with E-state index in [2.05, 4.69) is 46.9 Å². The predicted molar refractivity (Wildman–Crippen MR) is 83.7 cm³/mol. The van der Waals surface area contributed by atoms with Crippen molar-refractivity contribution in [3.05, 3.63) is 30.1 Å². The van der Waals surface area contributed by atoms with Crippen molar-refractivity contribution < 1.29 is 0 Å². The third-order valence-electron chi connectivity index (χ3n) is 3.96. The normalized spacial score (nSPS) is 18.4. The molecule has 1 N–H and O–H groups in total. The van der Waals surface area contributed by atoms with Crippen LogP contribution in [0, 0.1) is 0 Å². The summed E-state index contributed by atoms with van der Waals surface area (Å²) < 4.78 is 0. The zero-order valence-corrected chi connectivity index (χ0v) is 13.1. The molecular weight excluding hydrogens is 248 g/mol. The van der Waals surface area contributed by atoms with Crippen LogP contribution < -0.4 is 5.32 Å². The van der Waals surface area contributed by atoms with Crippen LogP contribution >= 0.6 is 0 Å². The molecule has 112 valence electrons. The van der Waals surface area contributed by atoms with E-state index in [1.165, 1.54) is 26.2 Å². The van der Waals surface area contributed by atoms with E-state index in [1.54, 1.807) is 0 Å². The van der Waals surface area contributed by atoms with Gasteiger partial charge in [-0.05, 0) is 32.9 Å². The van der Waals surface area contributed by atoms with E-state index in [9.17, 15) is 0 Å². The number of pyridine rings is 1. The van der Waals surface area contributed by atoms with Crippen molar-refractivity contribution in [1.29, 1.82) is 0 Å². The molecule has 1 aliphatic heterocycles. The van der Waals surface area contributed by atoms with Crippen molar-refractivity contribution in [2.45, 2.75) is 32.9 Å². The molecule has 0 aromatic carbocycles. The van der Waals surface area contributed by atoms with E-state index in [0.29, 0.717) is 5.54 Å². The van der Waals surface area contributed by atoms with Gasteiger partial charge >= 0.3 is 0 Å². The molecule has 1 aromatic heterocycles. The van der Waals surface area contributed by atoms with Crippen molar-refractivity contribution in [1.82, 2.24) is 20.1 Å². The predicted octanol–water partition coefficient (Wildman–Crippen LogP) is 1.59. The molecule has 0 saturated carbocycles. The maximum absolute atomic E-state index is 4.32. The molecule has 1 aromatic rings. The Hall–Kier alpha value is -0.970. The second-order valence-electron chi connectivity index (χ2n) is 6.50. The molecule has 1 saturated heterocycles. The number of nitrogens with zero attached hydrogens (tertiary/aromatic N) is 3. The van der Waals surface area contributed by atoms with Gasteiger partial charge in [-0.2, -0.15) is 0 Å². The molecule has 0 atom stereocenters. The minimum atomic E-state index is 0.309. The highest BCUT2D eigenvalue weighted by Crippen LogP contribution is 2.15. The van der Waals surface area contributed by atoms with Crippen LogP contribution in [0.4, 0.5) is 0 Å². The van der Waals surface area contributed by atoms with E-state index >= 15 is 0 Å². The molecule has 4 heteroatoms. The molecule has 1 aliphatic rings. The summed E-state index contributed by atoms with van der Waals surface area (Å²) in [5, 5.41) is 3.47. The highest BCUT2D eigenvalue weighted by molar-refractivity contribution is 5.02. The van der Waals surface area contributed by atoms with Gasteiger partial charge in [-0.1, -0.05) is 6.07 Å². The topological polar surface area (TPSA) is 31.4 Å². The lowest BCUT2D eigenvalue weighted by Gasteiger charge is -2.42. The Morgan fingerprint density at radius 2 is 1.90 bits per heavy atom. The van der Waals surface area contributed by atoms with Gasteiger partial charge in [0.1, 0.15) is 0 Å².